The summed E-state index contributed by atoms with van der Waals surface area (Å²) in [7, 11) is 0. The van der Waals surface area contributed by atoms with Gasteiger partial charge in [-0.15, -0.1) is 12.1 Å². The van der Waals surface area contributed by atoms with Crippen LogP contribution in [0.4, 0.5) is 12.9 Å². The van der Waals surface area contributed by atoms with Crippen molar-refractivity contribution in [2.24, 2.45) is 0 Å². The Morgan fingerprint density at radius 1 is 1.53 bits per heavy atom. The Morgan fingerprint density at radius 2 is 2.13 bits per heavy atom. The maximum atomic E-state index is 12.1. The van der Waals surface area contributed by atoms with Gasteiger partial charge >= 0.3 is 58.4 Å². The molecule has 1 nitrogen and oxygen atoms in total. The van der Waals surface area contributed by atoms with Gasteiger partial charge in [-0.25, -0.2) is 0 Å². The van der Waals surface area contributed by atoms with E-state index in [1.807, 2.05) is 6.92 Å². The van der Waals surface area contributed by atoms with Gasteiger partial charge in [0.1, 0.15) is 0 Å². The van der Waals surface area contributed by atoms with Gasteiger partial charge in [-0.05, 0) is 19.1 Å². The summed E-state index contributed by atoms with van der Waals surface area (Å²) in [6.07, 6.45) is 0.901. The Kier molecular flexibility index (Phi) is 7.81. The van der Waals surface area contributed by atoms with Gasteiger partial charge < -0.3 is 17.7 Å². The van der Waals surface area contributed by atoms with Gasteiger partial charge in [0, 0.05) is 11.9 Å². The van der Waals surface area contributed by atoms with E-state index in [-0.39, 0.29) is 68.5 Å². The van der Waals surface area contributed by atoms with Crippen LogP contribution in [-0.4, -0.2) is 30.7 Å². The minimum Gasteiger partial charge on any atom is -0.445 e. The number of halogens is 3. The van der Waals surface area contributed by atoms with Crippen LogP contribution in [-0.2, 0) is 4.74 Å². The van der Waals surface area contributed by atoms with Crippen molar-refractivity contribution in [3.8, 4) is 0 Å². The van der Waals surface area contributed by atoms with Crippen LogP contribution in [0.5, 0.6) is 0 Å². The summed E-state index contributed by atoms with van der Waals surface area (Å²) in [6.45, 7) is 0.739. The van der Waals surface area contributed by atoms with Crippen molar-refractivity contribution >= 4 is 18.7 Å². The number of hydrogen-bond acceptors (Lipinski definition) is 2. The average molecular weight is 264 g/mol. The fourth-order valence-electron chi connectivity index (χ4n) is 1.24. The van der Waals surface area contributed by atoms with Crippen LogP contribution in [0.2, 0.25) is 0 Å². The molecule has 1 aliphatic rings. The number of hydrogen-bond donors (Lipinski definition) is 0. The largest absolute Gasteiger partial charge is 1.00 e. The summed E-state index contributed by atoms with van der Waals surface area (Å²) in [4.78, 5) is 0. The summed E-state index contributed by atoms with van der Waals surface area (Å²) in [6, 6.07) is 0. The molecule has 1 heterocycles. The predicted molar refractivity (Wildman–Crippen MR) is 54.5 cm³/mol. The Bertz CT molecular complexity index is 224. The fraction of sp³-hybridized carbons (Fsp3) is 0.750. The summed E-state index contributed by atoms with van der Waals surface area (Å²) in [5.74, 6) is -0.0259. The first kappa shape index (κ1) is 16.5. The van der Waals surface area contributed by atoms with E-state index >= 15 is 0 Å². The Hall–Kier alpha value is 1.54. The molecule has 0 spiro atoms. The number of thioether (sulfide) groups is 1. The van der Waals surface area contributed by atoms with Gasteiger partial charge in [0.15, 0.2) is 0 Å². The third-order valence-corrected chi connectivity index (χ3v) is 3.84. The SMILES string of the molecule is C=C(CSC1CCOC1C)[B-](F)(F)F.[K+]. The molecule has 82 valence electrons. The molecule has 0 amide bonds. The number of rotatable bonds is 4. The molecule has 2 unspecified atom stereocenters. The van der Waals surface area contributed by atoms with Crippen molar-refractivity contribution < 1.29 is 69.1 Å². The minimum absolute atomic E-state index is 0. The summed E-state index contributed by atoms with van der Waals surface area (Å²) >= 11 is 1.30. The second-order valence-electron chi connectivity index (χ2n) is 3.45. The van der Waals surface area contributed by atoms with E-state index in [2.05, 4.69) is 6.58 Å². The molecule has 0 aromatic rings. The molecule has 0 bridgehead atoms. The molecule has 0 aromatic carbocycles. The Morgan fingerprint density at radius 3 is 2.53 bits per heavy atom. The van der Waals surface area contributed by atoms with Crippen LogP contribution in [0.25, 0.3) is 0 Å². The predicted octanol–water partition coefficient (Wildman–Crippen LogP) is -0.156. The molecule has 15 heavy (non-hydrogen) atoms. The van der Waals surface area contributed by atoms with Crippen molar-refractivity contribution in [3.63, 3.8) is 0 Å². The maximum Gasteiger partial charge on any atom is 1.00 e. The Balaban J connectivity index is 0.00000196. The van der Waals surface area contributed by atoms with E-state index in [1.54, 1.807) is 0 Å². The van der Waals surface area contributed by atoms with Crippen LogP contribution in [0.15, 0.2) is 12.1 Å². The molecule has 0 radical (unpaired) electrons. The van der Waals surface area contributed by atoms with Crippen molar-refractivity contribution in [3.05, 3.63) is 12.1 Å². The Labute approximate surface area is 135 Å². The van der Waals surface area contributed by atoms with Crippen molar-refractivity contribution in [1.29, 1.82) is 0 Å². The van der Waals surface area contributed by atoms with Gasteiger partial charge in [0.2, 0.25) is 0 Å². The molecule has 2 atom stereocenters. The van der Waals surface area contributed by atoms with Gasteiger partial charge in [-0.3, -0.25) is 0 Å². The molecule has 0 aromatic heterocycles. The van der Waals surface area contributed by atoms with E-state index in [0.717, 1.165) is 6.42 Å². The van der Waals surface area contributed by atoms with Crippen LogP contribution in [0, 0.1) is 0 Å². The zero-order valence-corrected chi connectivity index (χ0v) is 13.0. The van der Waals surface area contributed by atoms with Crippen LogP contribution in [0.3, 0.4) is 0 Å². The average Bonchev–Trinajstić information content (AvgIpc) is 2.45. The molecule has 1 rings (SSSR count). The first-order chi connectivity index (χ1) is 6.41. The second kappa shape index (κ2) is 7.08. The quantitative estimate of drug-likeness (QED) is 0.653. The summed E-state index contributed by atoms with van der Waals surface area (Å²) in [5, 5.41) is 0.185. The van der Waals surface area contributed by atoms with E-state index < -0.39 is 12.4 Å². The normalized spacial score (nSPS) is 26.1. The van der Waals surface area contributed by atoms with E-state index in [9.17, 15) is 12.9 Å². The van der Waals surface area contributed by atoms with Crippen LogP contribution in [0.1, 0.15) is 13.3 Å². The fourth-order valence-corrected chi connectivity index (χ4v) is 2.47. The molecule has 1 aliphatic heterocycles. The van der Waals surface area contributed by atoms with Crippen LogP contribution >= 0.6 is 11.8 Å². The summed E-state index contributed by atoms with van der Waals surface area (Å²) in [5.41, 5.74) is -0.603. The molecule has 0 aliphatic carbocycles. The van der Waals surface area contributed by atoms with Gasteiger partial charge in [0.05, 0.1) is 6.10 Å². The van der Waals surface area contributed by atoms with Gasteiger partial charge in [-0.2, -0.15) is 11.8 Å². The second-order valence-corrected chi connectivity index (χ2v) is 4.67. The zero-order valence-electron chi connectivity index (χ0n) is 9.01. The van der Waals surface area contributed by atoms with Gasteiger partial charge in [0.25, 0.3) is 0 Å². The molecule has 1 fully saturated rings. The number of ether oxygens (including phenoxy) is 1. The standard InChI is InChI=1S/C8H13BF3OS.K/c1-6(9(10,11)12)5-14-8-3-4-13-7(8)2;/h7-8H,1,3-5H2,2H3;/q-1;+1. The van der Waals surface area contributed by atoms with Crippen molar-refractivity contribution in [2.75, 3.05) is 12.4 Å². The summed E-state index contributed by atoms with van der Waals surface area (Å²) < 4.78 is 41.7. The van der Waals surface area contributed by atoms with E-state index in [0.29, 0.717) is 6.61 Å². The van der Waals surface area contributed by atoms with E-state index in [4.69, 9.17) is 4.74 Å². The third-order valence-electron chi connectivity index (χ3n) is 2.25. The van der Waals surface area contributed by atoms with Gasteiger partial charge in [-0.1, -0.05) is 0 Å². The minimum atomic E-state index is -4.86. The smallest absolute Gasteiger partial charge is 0.445 e. The first-order valence-electron chi connectivity index (χ1n) is 4.52. The van der Waals surface area contributed by atoms with E-state index in [1.165, 1.54) is 11.8 Å². The molecule has 0 N–H and O–H groups in total. The van der Waals surface area contributed by atoms with Crippen LogP contribution < -0.4 is 51.4 Å². The topological polar surface area (TPSA) is 9.23 Å². The molecule has 0 saturated carbocycles. The third kappa shape index (κ3) is 5.61. The van der Waals surface area contributed by atoms with Crippen molar-refractivity contribution in [2.45, 2.75) is 24.7 Å². The molecular weight excluding hydrogens is 251 g/mol. The zero-order chi connectivity index (χ0) is 10.8. The molecule has 7 heteroatoms. The molecule has 1 saturated heterocycles. The monoisotopic (exact) mass is 264 g/mol. The van der Waals surface area contributed by atoms with Crippen molar-refractivity contribution in [1.82, 2.24) is 0 Å². The first-order valence-corrected chi connectivity index (χ1v) is 5.57. The molecular formula is C8H13BF3KOS. The maximum absolute atomic E-state index is 12.1.